The van der Waals surface area contributed by atoms with Crippen LogP contribution in [0.15, 0.2) is 24.3 Å². The Hall–Kier alpha value is -3.07. The third-order valence-corrected chi connectivity index (χ3v) is 7.25. The van der Waals surface area contributed by atoms with Crippen molar-refractivity contribution in [1.82, 2.24) is 20.5 Å². The van der Waals surface area contributed by atoms with Gasteiger partial charge >= 0.3 is 6.03 Å². The predicted octanol–water partition coefficient (Wildman–Crippen LogP) is 2.10. The summed E-state index contributed by atoms with van der Waals surface area (Å²) in [7, 11) is 0. The van der Waals surface area contributed by atoms with E-state index in [1.165, 1.54) is 28.4 Å². The lowest BCUT2D eigenvalue weighted by atomic mass is 9.99. The molecular formula is C20H15FN4O3S. The molecule has 2 aromatic rings. The average Bonchev–Trinajstić information content (AvgIpc) is 3.12. The molecule has 2 aliphatic heterocycles. The second-order valence-corrected chi connectivity index (χ2v) is 8.94. The second kappa shape index (κ2) is 5.50. The molecule has 0 spiro atoms. The number of amides is 4. The smallest absolute Gasteiger partial charge is 0.322 e. The van der Waals surface area contributed by atoms with E-state index >= 15 is 0 Å². The summed E-state index contributed by atoms with van der Waals surface area (Å²) < 4.78 is 13.6. The summed E-state index contributed by atoms with van der Waals surface area (Å²) in [5.74, 6) is -0.502. The zero-order valence-corrected chi connectivity index (χ0v) is 15.9. The highest BCUT2D eigenvalue weighted by Crippen LogP contribution is 2.54. The first-order valence-electron chi connectivity index (χ1n) is 9.35. The molecule has 1 saturated carbocycles. The highest BCUT2D eigenvalue weighted by molar-refractivity contribution is 7.13. The van der Waals surface area contributed by atoms with E-state index in [-0.39, 0.29) is 24.6 Å². The summed E-state index contributed by atoms with van der Waals surface area (Å²) in [5.41, 5.74) is 0.488. The average molecular weight is 410 g/mol. The number of nitrogens with one attached hydrogen (secondary N) is 2. The van der Waals surface area contributed by atoms with E-state index in [1.54, 1.807) is 6.07 Å². The normalized spacial score (nSPS) is 28.7. The van der Waals surface area contributed by atoms with Gasteiger partial charge in [0.2, 0.25) is 0 Å². The van der Waals surface area contributed by atoms with Gasteiger partial charge < -0.3 is 10.2 Å². The van der Waals surface area contributed by atoms with Gasteiger partial charge in [-0.25, -0.2) is 14.2 Å². The maximum atomic E-state index is 13.6. The largest absolute Gasteiger partial charge is 0.331 e. The van der Waals surface area contributed by atoms with Gasteiger partial charge in [-0.3, -0.25) is 14.9 Å². The molecule has 6 rings (SSSR count). The van der Waals surface area contributed by atoms with Crippen LogP contribution >= 0.6 is 11.3 Å². The third-order valence-electron chi connectivity index (χ3n) is 6.05. The van der Waals surface area contributed by atoms with Crippen molar-refractivity contribution in [1.29, 1.82) is 0 Å². The van der Waals surface area contributed by atoms with Crippen LogP contribution in [0, 0.1) is 11.7 Å². The van der Waals surface area contributed by atoms with Crippen molar-refractivity contribution in [3.63, 3.8) is 0 Å². The van der Waals surface area contributed by atoms with E-state index in [1.807, 2.05) is 6.08 Å². The maximum Gasteiger partial charge on any atom is 0.322 e. The van der Waals surface area contributed by atoms with Crippen LogP contribution in [0.2, 0.25) is 0 Å². The number of thiazole rings is 1. The lowest BCUT2D eigenvalue weighted by Gasteiger charge is -2.29. The maximum absolute atomic E-state index is 13.6. The van der Waals surface area contributed by atoms with Crippen LogP contribution in [-0.4, -0.2) is 34.3 Å². The van der Waals surface area contributed by atoms with Crippen molar-refractivity contribution in [2.45, 2.75) is 24.4 Å². The zero-order valence-electron chi connectivity index (χ0n) is 15.1. The van der Waals surface area contributed by atoms with Gasteiger partial charge in [0.1, 0.15) is 10.8 Å². The number of rotatable bonds is 3. The first-order chi connectivity index (χ1) is 13.9. The Balaban J connectivity index is 1.39. The molecule has 1 aromatic carbocycles. The number of fused-ring (bicyclic) bond motifs is 4. The first-order valence-corrected chi connectivity index (χ1v) is 10.2. The topological polar surface area (TPSA) is 91.4 Å². The molecule has 4 amide bonds. The van der Waals surface area contributed by atoms with Gasteiger partial charge in [0.25, 0.3) is 11.8 Å². The molecular weight excluding hydrogens is 395 g/mol. The van der Waals surface area contributed by atoms with Crippen LogP contribution in [0.3, 0.4) is 0 Å². The van der Waals surface area contributed by atoms with E-state index < -0.39 is 23.3 Å². The minimum Gasteiger partial charge on any atom is -0.331 e. The Morgan fingerprint density at radius 1 is 1.31 bits per heavy atom. The first kappa shape index (κ1) is 16.8. The molecule has 4 aliphatic rings. The highest BCUT2D eigenvalue weighted by Gasteiger charge is 2.54. The summed E-state index contributed by atoms with van der Waals surface area (Å²) in [6.45, 7) is 0.180. The molecule has 9 heteroatoms. The molecule has 2 N–H and O–H groups in total. The number of aromatic nitrogens is 1. The zero-order chi connectivity index (χ0) is 19.9. The highest BCUT2D eigenvalue weighted by atomic mass is 32.1. The van der Waals surface area contributed by atoms with Crippen molar-refractivity contribution in [2.75, 3.05) is 6.54 Å². The number of nitrogens with zero attached hydrogens (tertiary/aromatic N) is 2. The quantitative estimate of drug-likeness (QED) is 0.759. The Kier molecular flexibility index (Phi) is 3.20. The molecule has 3 heterocycles. The van der Waals surface area contributed by atoms with Gasteiger partial charge in [-0.15, -0.1) is 11.3 Å². The second-order valence-electron chi connectivity index (χ2n) is 7.91. The lowest BCUT2D eigenvalue weighted by molar-refractivity contribution is -0.124. The number of hydrogen-bond acceptors (Lipinski definition) is 5. The van der Waals surface area contributed by atoms with E-state index in [2.05, 4.69) is 16.7 Å². The van der Waals surface area contributed by atoms with Crippen molar-refractivity contribution < 1.29 is 18.8 Å². The van der Waals surface area contributed by atoms with Crippen LogP contribution < -0.4 is 10.6 Å². The Labute approximate surface area is 168 Å². The number of allylic oxidation sites excluding steroid dienone is 1. The summed E-state index contributed by atoms with van der Waals surface area (Å²) >= 11 is 1.37. The fraction of sp³-hybridized carbons (Fsp3) is 0.300. The summed E-state index contributed by atoms with van der Waals surface area (Å²) in [4.78, 5) is 45.0. The molecule has 3 unspecified atom stereocenters. The molecule has 146 valence electrons. The Morgan fingerprint density at radius 2 is 2.17 bits per heavy atom. The molecule has 1 aromatic heterocycles. The van der Waals surface area contributed by atoms with E-state index in [9.17, 15) is 18.8 Å². The minimum atomic E-state index is -1.45. The SMILES string of the molecule is O=C1NC(=O)C(CN2Cc3ccc(F)cc3C2=O)(c2nc3c(s2)C=CC2CC32)N1. The van der Waals surface area contributed by atoms with E-state index in [0.717, 1.165) is 17.0 Å². The number of imide groups is 1. The summed E-state index contributed by atoms with van der Waals surface area (Å²) in [5, 5.41) is 5.47. The van der Waals surface area contributed by atoms with Gasteiger partial charge in [0, 0.05) is 18.0 Å². The fourth-order valence-corrected chi connectivity index (χ4v) is 5.62. The number of urea groups is 1. The lowest BCUT2D eigenvalue weighted by Crippen LogP contribution is -2.52. The van der Waals surface area contributed by atoms with Crippen LogP contribution in [0.1, 0.15) is 43.8 Å². The summed E-state index contributed by atoms with van der Waals surface area (Å²) in [6, 6.07) is 3.47. The number of benzene rings is 1. The van der Waals surface area contributed by atoms with Crippen molar-refractivity contribution >= 4 is 35.3 Å². The van der Waals surface area contributed by atoms with E-state index in [4.69, 9.17) is 4.98 Å². The molecule has 29 heavy (non-hydrogen) atoms. The molecule has 2 aliphatic carbocycles. The summed E-state index contributed by atoms with van der Waals surface area (Å²) in [6.07, 6.45) is 5.22. The predicted molar refractivity (Wildman–Crippen MR) is 101 cm³/mol. The van der Waals surface area contributed by atoms with Crippen LogP contribution in [0.4, 0.5) is 9.18 Å². The number of carbonyl (C=O) groups excluding carboxylic acids is 3. The molecule has 0 bridgehead atoms. The van der Waals surface area contributed by atoms with Crippen molar-refractivity contribution in [2.24, 2.45) is 5.92 Å². The number of carbonyl (C=O) groups is 3. The van der Waals surface area contributed by atoms with Crippen LogP contribution in [0.25, 0.3) is 6.08 Å². The standard InChI is InChI=1S/C20H15FN4O3S/c21-11-3-1-10-7-25(16(26)13(10)6-11)8-20(17(27)23-19(28)24-20)18-22-15-12-5-9(12)2-4-14(15)29-18/h1-4,6,9,12H,5,7-8H2,(H2,23,24,27,28). The molecule has 0 radical (unpaired) electrons. The third kappa shape index (κ3) is 2.33. The van der Waals surface area contributed by atoms with Gasteiger partial charge in [0.05, 0.1) is 17.1 Å². The van der Waals surface area contributed by atoms with Gasteiger partial charge in [0.15, 0.2) is 5.54 Å². The van der Waals surface area contributed by atoms with Gasteiger partial charge in [-0.2, -0.15) is 0 Å². The number of hydrogen-bond donors (Lipinski definition) is 2. The van der Waals surface area contributed by atoms with Gasteiger partial charge in [-0.1, -0.05) is 12.1 Å². The Bertz CT molecular complexity index is 1160. The molecule has 2 fully saturated rings. The monoisotopic (exact) mass is 410 g/mol. The van der Waals surface area contributed by atoms with E-state index in [0.29, 0.717) is 22.4 Å². The van der Waals surface area contributed by atoms with Crippen molar-refractivity contribution in [3.8, 4) is 0 Å². The van der Waals surface area contributed by atoms with Gasteiger partial charge in [-0.05, 0) is 36.1 Å². The van der Waals surface area contributed by atoms with Crippen molar-refractivity contribution in [3.05, 3.63) is 56.8 Å². The van der Waals surface area contributed by atoms with Crippen LogP contribution in [0.5, 0.6) is 0 Å². The molecule has 3 atom stereocenters. The van der Waals surface area contributed by atoms with Crippen LogP contribution in [-0.2, 0) is 16.9 Å². The number of halogens is 1. The Morgan fingerprint density at radius 3 is 2.97 bits per heavy atom. The molecule has 7 nitrogen and oxygen atoms in total. The molecule has 1 saturated heterocycles. The minimum absolute atomic E-state index is 0.0656. The fourth-order valence-electron chi connectivity index (χ4n) is 4.43.